The van der Waals surface area contributed by atoms with E-state index in [1.807, 2.05) is 0 Å². The highest BCUT2D eigenvalue weighted by Crippen LogP contribution is 2.29. The Hall–Kier alpha value is -2.88. The monoisotopic (exact) mass is 545 g/mol. The first-order valence-corrected chi connectivity index (χ1v) is 11.2. The lowest BCUT2D eigenvalue weighted by atomic mass is 10.2. The molecule has 0 aromatic heterocycles. The Morgan fingerprint density at radius 1 is 0.622 bits per heavy atom. The first kappa shape index (κ1) is 32.1. The molecule has 15 heteroatoms. The molecule has 210 valence electrons. The minimum absolute atomic E-state index is 0.0613. The number of ether oxygens (including phenoxy) is 5. The molecule has 0 unspecified atom stereocenters. The van der Waals surface area contributed by atoms with E-state index in [0.717, 1.165) is 0 Å². The van der Waals surface area contributed by atoms with Gasteiger partial charge in [-0.1, -0.05) is 0 Å². The lowest BCUT2D eigenvalue weighted by Gasteiger charge is -2.09. The molecule has 10 nitrogen and oxygen atoms in total. The molecule has 1 amide bonds. The fourth-order valence-corrected chi connectivity index (χ4v) is 2.47. The molecule has 37 heavy (non-hydrogen) atoms. The predicted octanol–water partition coefficient (Wildman–Crippen LogP) is 2.12. The summed E-state index contributed by atoms with van der Waals surface area (Å²) in [6.45, 7) is 1.90. The summed E-state index contributed by atoms with van der Waals surface area (Å²) in [6, 6.07) is 0. The lowest BCUT2D eigenvalue weighted by molar-refractivity contribution is -0.139. The summed E-state index contributed by atoms with van der Waals surface area (Å²) in [5.74, 6) is -15.6. The van der Waals surface area contributed by atoms with Gasteiger partial charge in [0.1, 0.15) is 0 Å². The quantitative estimate of drug-likeness (QED) is 0.0632. The van der Waals surface area contributed by atoms with Crippen molar-refractivity contribution in [3.8, 4) is 5.75 Å². The van der Waals surface area contributed by atoms with Crippen molar-refractivity contribution in [1.82, 2.24) is 5.32 Å². The van der Waals surface area contributed by atoms with Gasteiger partial charge in [0, 0.05) is 19.6 Å². The number of hydrogen-bond donors (Lipinski definition) is 2. The molecule has 0 bridgehead atoms. The Balaban J connectivity index is 1.94. The number of carbonyl (C=O) groups excluding carboxylic acids is 2. The van der Waals surface area contributed by atoms with Gasteiger partial charge in [-0.2, -0.15) is 8.78 Å². The van der Waals surface area contributed by atoms with Gasteiger partial charge in [0.2, 0.25) is 40.7 Å². The SMILES string of the molecule is O=C(O)CCC(=O)NCCCOCCOCCOCCOCCC(=O)Oc1c(F)c(F)c(F)c(F)c1F. The molecule has 0 saturated carbocycles. The van der Waals surface area contributed by atoms with Crippen LogP contribution in [0.1, 0.15) is 25.7 Å². The number of nitrogens with one attached hydrogen (secondary N) is 1. The molecule has 0 aliphatic carbocycles. The number of benzene rings is 1. The number of amides is 1. The summed E-state index contributed by atoms with van der Waals surface area (Å²) in [7, 11) is 0. The van der Waals surface area contributed by atoms with Crippen LogP contribution in [0.25, 0.3) is 0 Å². The largest absolute Gasteiger partial charge is 0.481 e. The highest BCUT2D eigenvalue weighted by Gasteiger charge is 2.28. The molecule has 2 N–H and O–H groups in total. The van der Waals surface area contributed by atoms with Crippen molar-refractivity contribution in [3.63, 3.8) is 0 Å². The van der Waals surface area contributed by atoms with Gasteiger partial charge in [-0.15, -0.1) is 0 Å². The van der Waals surface area contributed by atoms with Crippen molar-refractivity contribution in [2.24, 2.45) is 0 Å². The number of carboxylic acid groups (broad SMARTS) is 1. The van der Waals surface area contributed by atoms with E-state index in [0.29, 0.717) is 32.8 Å². The minimum atomic E-state index is -2.36. The van der Waals surface area contributed by atoms with Crippen molar-refractivity contribution in [3.05, 3.63) is 29.1 Å². The van der Waals surface area contributed by atoms with Gasteiger partial charge in [0.05, 0.1) is 59.1 Å². The summed E-state index contributed by atoms with van der Waals surface area (Å²) in [5, 5.41) is 11.0. The first-order chi connectivity index (χ1) is 17.6. The summed E-state index contributed by atoms with van der Waals surface area (Å²) in [5.41, 5.74) is 0. The second kappa shape index (κ2) is 18.4. The van der Waals surface area contributed by atoms with E-state index in [1.54, 1.807) is 0 Å². The molecular weight excluding hydrogens is 517 g/mol. The topological polar surface area (TPSA) is 130 Å². The molecule has 0 heterocycles. The van der Waals surface area contributed by atoms with Crippen LogP contribution < -0.4 is 10.1 Å². The molecule has 0 radical (unpaired) electrons. The second-order valence-electron chi connectivity index (χ2n) is 7.17. The maximum atomic E-state index is 13.5. The highest BCUT2D eigenvalue weighted by atomic mass is 19.2. The number of esters is 1. The van der Waals surface area contributed by atoms with Gasteiger partial charge >= 0.3 is 11.9 Å². The Morgan fingerprint density at radius 3 is 1.59 bits per heavy atom. The van der Waals surface area contributed by atoms with Gasteiger partial charge in [0.25, 0.3) is 0 Å². The van der Waals surface area contributed by atoms with Gasteiger partial charge < -0.3 is 34.1 Å². The molecule has 0 aliphatic heterocycles. The standard InChI is InChI=1S/C22H28F5NO9/c23-17-18(24)20(26)22(21(27)19(17)25)37-16(32)4-7-34-9-11-36-13-12-35-10-8-33-6-1-5-28-14(29)2-3-15(30)31/h1-13H2,(H,28,29)(H,30,31). The third kappa shape index (κ3) is 13.3. The number of halogens is 5. The molecule has 1 rings (SSSR count). The Kier molecular flexibility index (Phi) is 16.0. The lowest BCUT2D eigenvalue weighted by Crippen LogP contribution is -2.25. The average Bonchev–Trinajstić information content (AvgIpc) is 2.87. The summed E-state index contributed by atoms with van der Waals surface area (Å²) >= 11 is 0. The van der Waals surface area contributed by atoms with E-state index in [1.165, 1.54) is 0 Å². The number of hydrogen-bond acceptors (Lipinski definition) is 8. The smallest absolute Gasteiger partial charge is 0.313 e. The first-order valence-electron chi connectivity index (χ1n) is 11.2. The molecule has 1 aromatic rings. The number of carbonyl (C=O) groups is 3. The molecule has 0 fully saturated rings. The maximum Gasteiger partial charge on any atom is 0.313 e. The van der Waals surface area contributed by atoms with E-state index in [9.17, 15) is 36.3 Å². The Labute approximate surface area is 208 Å². The van der Waals surface area contributed by atoms with Crippen molar-refractivity contribution >= 4 is 17.8 Å². The van der Waals surface area contributed by atoms with Crippen LogP contribution in [0.4, 0.5) is 22.0 Å². The Bertz CT molecular complexity index is 860. The number of aliphatic carboxylic acids is 1. The van der Waals surface area contributed by atoms with E-state index in [2.05, 4.69) is 10.1 Å². The average molecular weight is 545 g/mol. The maximum absolute atomic E-state index is 13.5. The molecule has 0 atom stereocenters. The summed E-state index contributed by atoms with van der Waals surface area (Å²) in [4.78, 5) is 33.2. The molecule has 0 saturated heterocycles. The number of carboxylic acids is 1. The van der Waals surface area contributed by atoms with Crippen LogP contribution in [0.15, 0.2) is 0 Å². The van der Waals surface area contributed by atoms with Crippen LogP contribution in [-0.4, -0.2) is 82.4 Å². The molecule has 1 aromatic carbocycles. The normalized spacial score (nSPS) is 10.9. The minimum Gasteiger partial charge on any atom is -0.481 e. The van der Waals surface area contributed by atoms with Crippen molar-refractivity contribution < 1.29 is 65.1 Å². The second-order valence-corrected chi connectivity index (χ2v) is 7.17. The van der Waals surface area contributed by atoms with E-state index in [4.69, 9.17) is 24.1 Å². The third-order valence-corrected chi connectivity index (χ3v) is 4.31. The van der Waals surface area contributed by atoms with E-state index in [-0.39, 0.29) is 51.8 Å². The van der Waals surface area contributed by atoms with Crippen LogP contribution in [-0.2, 0) is 33.3 Å². The Morgan fingerprint density at radius 2 is 1.08 bits per heavy atom. The molecule has 0 spiro atoms. The third-order valence-electron chi connectivity index (χ3n) is 4.31. The highest BCUT2D eigenvalue weighted by molar-refractivity contribution is 5.80. The van der Waals surface area contributed by atoms with Crippen LogP contribution in [0.3, 0.4) is 0 Å². The zero-order chi connectivity index (χ0) is 27.6. The van der Waals surface area contributed by atoms with E-state index < -0.39 is 53.2 Å². The van der Waals surface area contributed by atoms with Crippen LogP contribution >= 0.6 is 0 Å². The summed E-state index contributed by atoms with van der Waals surface area (Å²) in [6.07, 6.45) is -0.215. The van der Waals surface area contributed by atoms with Gasteiger partial charge in [-0.05, 0) is 6.42 Å². The van der Waals surface area contributed by atoms with Crippen LogP contribution in [0.5, 0.6) is 5.75 Å². The number of rotatable bonds is 20. The zero-order valence-corrected chi connectivity index (χ0v) is 19.8. The van der Waals surface area contributed by atoms with Crippen molar-refractivity contribution in [2.45, 2.75) is 25.7 Å². The van der Waals surface area contributed by atoms with Crippen molar-refractivity contribution in [1.29, 1.82) is 0 Å². The van der Waals surface area contributed by atoms with Gasteiger partial charge in [-0.3, -0.25) is 14.4 Å². The fraction of sp³-hybridized carbons (Fsp3) is 0.591. The van der Waals surface area contributed by atoms with E-state index >= 15 is 0 Å². The predicted molar refractivity (Wildman–Crippen MR) is 114 cm³/mol. The molecular formula is C22H28F5NO9. The van der Waals surface area contributed by atoms with Crippen molar-refractivity contribution in [2.75, 3.05) is 59.4 Å². The van der Waals surface area contributed by atoms with Gasteiger partial charge in [0.15, 0.2) is 0 Å². The van der Waals surface area contributed by atoms with Gasteiger partial charge in [-0.25, -0.2) is 13.2 Å². The van der Waals surface area contributed by atoms with Crippen LogP contribution in [0, 0.1) is 29.1 Å². The van der Waals surface area contributed by atoms with Crippen LogP contribution in [0.2, 0.25) is 0 Å². The molecule has 0 aliphatic rings. The zero-order valence-electron chi connectivity index (χ0n) is 19.8. The fourth-order valence-electron chi connectivity index (χ4n) is 2.47. The summed E-state index contributed by atoms with van der Waals surface area (Å²) < 4.78 is 91.1.